The molecule has 2 aliphatic heterocycles. The van der Waals surface area contributed by atoms with Crippen molar-refractivity contribution in [2.24, 2.45) is 5.92 Å². The van der Waals surface area contributed by atoms with Gasteiger partial charge in [0.15, 0.2) is 0 Å². The van der Waals surface area contributed by atoms with Gasteiger partial charge in [-0.25, -0.2) is 0 Å². The molecule has 7 heteroatoms. The van der Waals surface area contributed by atoms with E-state index in [9.17, 15) is 9.59 Å². The molecule has 0 unspecified atom stereocenters. The molecule has 2 amide bonds. The molecular weight excluding hydrogens is 414 g/mol. The van der Waals surface area contributed by atoms with Crippen molar-refractivity contribution in [3.8, 4) is 0 Å². The molecule has 0 radical (unpaired) electrons. The molecule has 1 aromatic carbocycles. The Hall–Kier alpha value is -3.09. The number of carbonyl (C=O) groups is 2. The average molecular weight is 448 g/mol. The van der Waals surface area contributed by atoms with E-state index in [4.69, 9.17) is 0 Å². The van der Waals surface area contributed by atoms with Crippen LogP contribution in [0.15, 0.2) is 42.7 Å². The monoisotopic (exact) mass is 447 g/mol. The number of hydrogen-bond acceptors (Lipinski definition) is 5. The first-order chi connectivity index (χ1) is 16.2. The molecule has 174 valence electrons. The molecule has 5 rings (SSSR count). The van der Waals surface area contributed by atoms with E-state index in [1.54, 1.807) is 6.20 Å². The number of nitrogens with one attached hydrogen (secondary N) is 1. The molecule has 1 N–H and O–H groups in total. The van der Waals surface area contributed by atoms with E-state index in [2.05, 4.69) is 26.2 Å². The zero-order chi connectivity index (χ0) is 22.6. The topological polar surface area (TPSA) is 68.8 Å². The third-order valence-corrected chi connectivity index (χ3v) is 6.97. The van der Waals surface area contributed by atoms with Gasteiger partial charge in [0.1, 0.15) is 0 Å². The first kappa shape index (κ1) is 21.7. The minimum absolute atomic E-state index is 0.0835. The second-order valence-corrected chi connectivity index (χ2v) is 9.39. The van der Waals surface area contributed by atoms with Crippen molar-refractivity contribution in [2.45, 2.75) is 38.5 Å². The van der Waals surface area contributed by atoms with Crippen molar-refractivity contribution in [1.82, 2.24) is 9.88 Å². The first-order valence-corrected chi connectivity index (χ1v) is 12.3. The van der Waals surface area contributed by atoms with E-state index in [1.807, 2.05) is 35.4 Å². The summed E-state index contributed by atoms with van der Waals surface area (Å²) >= 11 is 0. The lowest BCUT2D eigenvalue weighted by atomic mass is 10.1. The molecule has 1 aliphatic carbocycles. The number of hydrogen-bond donors (Lipinski definition) is 1. The Kier molecular flexibility index (Phi) is 6.46. The van der Waals surface area contributed by atoms with E-state index >= 15 is 0 Å². The molecule has 0 bridgehead atoms. The van der Waals surface area contributed by atoms with Crippen LogP contribution in [0.25, 0.3) is 0 Å². The zero-order valence-electron chi connectivity index (χ0n) is 19.2. The second kappa shape index (κ2) is 9.81. The number of aromatic nitrogens is 1. The molecule has 2 aromatic rings. The van der Waals surface area contributed by atoms with Gasteiger partial charge in [0.05, 0.1) is 23.1 Å². The van der Waals surface area contributed by atoms with Crippen LogP contribution < -0.4 is 15.1 Å². The van der Waals surface area contributed by atoms with Gasteiger partial charge in [0, 0.05) is 57.1 Å². The van der Waals surface area contributed by atoms with Crippen molar-refractivity contribution < 1.29 is 9.59 Å². The molecular formula is C26H33N5O2. The number of benzene rings is 1. The SMILES string of the molecule is O=C(Nc1ccc(C(=O)N2CCN(c3cccnc3)CC2)c(N2CCCCCC2)c1)C1CC1. The molecule has 3 fully saturated rings. The van der Waals surface area contributed by atoms with Gasteiger partial charge in [-0.3, -0.25) is 14.6 Å². The lowest BCUT2D eigenvalue weighted by molar-refractivity contribution is -0.117. The quantitative estimate of drug-likeness (QED) is 0.756. The predicted octanol–water partition coefficient (Wildman–Crippen LogP) is 3.77. The third-order valence-electron chi connectivity index (χ3n) is 6.97. The average Bonchev–Trinajstić information content (AvgIpc) is 3.72. The Morgan fingerprint density at radius 3 is 2.30 bits per heavy atom. The normalized spacial score (nSPS) is 19.2. The van der Waals surface area contributed by atoms with Crippen molar-refractivity contribution >= 4 is 28.9 Å². The first-order valence-electron chi connectivity index (χ1n) is 12.3. The highest BCUT2D eigenvalue weighted by Crippen LogP contribution is 2.32. The summed E-state index contributed by atoms with van der Waals surface area (Å²) in [7, 11) is 0. The maximum absolute atomic E-state index is 13.6. The Morgan fingerprint density at radius 2 is 1.64 bits per heavy atom. The van der Waals surface area contributed by atoms with Crippen LogP contribution in [0.1, 0.15) is 48.9 Å². The van der Waals surface area contributed by atoms with Crippen molar-refractivity contribution in [3.63, 3.8) is 0 Å². The van der Waals surface area contributed by atoms with Gasteiger partial charge in [-0.05, 0) is 56.0 Å². The Bertz CT molecular complexity index is 975. The minimum atomic E-state index is 0.0835. The number of rotatable bonds is 5. The fourth-order valence-electron chi connectivity index (χ4n) is 4.83. The van der Waals surface area contributed by atoms with Gasteiger partial charge >= 0.3 is 0 Å². The number of anilines is 3. The molecule has 1 saturated carbocycles. The van der Waals surface area contributed by atoms with Crippen LogP contribution in [0, 0.1) is 5.92 Å². The van der Waals surface area contributed by atoms with Gasteiger partial charge in [0.25, 0.3) is 5.91 Å². The summed E-state index contributed by atoms with van der Waals surface area (Å²) in [5, 5.41) is 3.07. The van der Waals surface area contributed by atoms with E-state index in [-0.39, 0.29) is 17.7 Å². The lowest BCUT2D eigenvalue weighted by Crippen LogP contribution is -2.49. The van der Waals surface area contributed by atoms with Crippen LogP contribution in [0.2, 0.25) is 0 Å². The van der Waals surface area contributed by atoms with Crippen LogP contribution in [0.5, 0.6) is 0 Å². The van der Waals surface area contributed by atoms with E-state index in [0.717, 1.165) is 74.5 Å². The molecule has 1 aromatic heterocycles. The standard InChI is InChI=1S/C26H33N5O2/c32-25(20-7-8-20)28-21-9-10-23(24(18-21)30-12-3-1-2-4-13-30)26(33)31-16-14-29(15-17-31)22-6-5-11-27-19-22/h5-6,9-11,18-20H,1-4,7-8,12-17H2,(H,28,32). The summed E-state index contributed by atoms with van der Waals surface area (Å²) < 4.78 is 0. The molecule has 0 spiro atoms. The maximum Gasteiger partial charge on any atom is 0.256 e. The van der Waals surface area contributed by atoms with Gasteiger partial charge < -0.3 is 20.0 Å². The Labute approximate surface area is 195 Å². The van der Waals surface area contributed by atoms with Crippen LogP contribution in [0.3, 0.4) is 0 Å². The molecule has 3 aliphatic rings. The molecule has 33 heavy (non-hydrogen) atoms. The van der Waals surface area contributed by atoms with Crippen molar-refractivity contribution in [2.75, 3.05) is 54.4 Å². The lowest BCUT2D eigenvalue weighted by Gasteiger charge is -2.36. The number of pyridine rings is 1. The number of carbonyl (C=O) groups excluding carboxylic acids is 2. The second-order valence-electron chi connectivity index (χ2n) is 9.39. The minimum Gasteiger partial charge on any atom is -0.371 e. The van der Waals surface area contributed by atoms with Crippen molar-refractivity contribution in [1.29, 1.82) is 0 Å². The summed E-state index contributed by atoms with van der Waals surface area (Å²) in [5.74, 6) is 0.339. The fraction of sp³-hybridized carbons (Fsp3) is 0.500. The third kappa shape index (κ3) is 5.13. The van der Waals surface area contributed by atoms with Crippen LogP contribution in [-0.2, 0) is 4.79 Å². The van der Waals surface area contributed by atoms with Gasteiger partial charge in [-0.1, -0.05) is 12.8 Å². The van der Waals surface area contributed by atoms with E-state index < -0.39 is 0 Å². The fourth-order valence-corrected chi connectivity index (χ4v) is 4.83. The summed E-state index contributed by atoms with van der Waals surface area (Å²) in [6, 6.07) is 9.84. The zero-order valence-corrected chi connectivity index (χ0v) is 19.2. The van der Waals surface area contributed by atoms with Crippen LogP contribution in [-0.4, -0.2) is 61.0 Å². The Balaban J connectivity index is 1.34. The number of nitrogens with zero attached hydrogens (tertiary/aromatic N) is 4. The van der Waals surface area contributed by atoms with E-state index in [0.29, 0.717) is 13.1 Å². The van der Waals surface area contributed by atoms with Crippen LogP contribution >= 0.6 is 0 Å². The van der Waals surface area contributed by atoms with Gasteiger partial charge in [-0.2, -0.15) is 0 Å². The highest BCUT2D eigenvalue weighted by Gasteiger charge is 2.30. The predicted molar refractivity (Wildman–Crippen MR) is 131 cm³/mol. The summed E-state index contributed by atoms with van der Waals surface area (Å²) in [4.78, 5) is 36.8. The van der Waals surface area contributed by atoms with E-state index in [1.165, 1.54) is 12.8 Å². The molecule has 3 heterocycles. The maximum atomic E-state index is 13.6. The molecule has 2 saturated heterocycles. The number of piperazine rings is 1. The smallest absolute Gasteiger partial charge is 0.256 e. The Morgan fingerprint density at radius 1 is 0.879 bits per heavy atom. The van der Waals surface area contributed by atoms with Gasteiger partial charge in [-0.15, -0.1) is 0 Å². The number of amides is 2. The summed E-state index contributed by atoms with van der Waals surface area (Å²) in [5.41, 5.74) is 3.61. The summed E-state index contributed by atoms with van der Waals surface area (Å²) in [6.45, 7) is 4.88. The molecule has 0 atom stereocenters. The summed E-state index contributed by atoms with van der Waals surface area (Å²) in [6.07, 6.45) is 10.3. The van der Waals surface area contributed by atoms with Crippen LogP contribution in [0.4, 0.5) is 17.1 Å². The highest BCUT2D eigenvalue weighted by atomic mass is 16.2. The molecule has 7 nitrogen and oxygen atoms in total. The van der Waals surface area contributed by atoms with Crippen molar-refractivity contribution in [3.05, 3.63) is 48.3 Å². The largest absolute Gasteiger partial charge is 0.371 e. The highest BCUT2D eigenvalue weighted by molar-refractivity contribution is 6.02. The van der Waals surface area contributed by atoms with Gasteiger partial charge in [0.2, 0.25) is 5.91 Å².